The average molecular weight is 267 g/mol. The molecule has 0 aromatic carbocycles. The second-order valence-corrected chi connectivity index (χ2v) is 5.31. The maximum absolute atomic E-state index is 11.8. The van der Waals surface area contributed by atoms with Crippen molar-refractivity contribution in [2.75, 3.05) is 0 Å². The summed E-state index contributed by atoms with van der Waals surface area (Å²) in [5.41, 5.74) is -0.300. The van der Waals surface area contributed by atoms with Crippen molar-refractivity contribution in [2.24, 2.45) is 18.4 Å². The molecule has 0 aliphatic heterocycles. The minimum atomic E-state index is -1.05. The summed E-state index contributed by atoms with van der Waals surface area (Å²) in [6.45, 7) is 5.52. The summed E-state index contributed by atoms with van der Waals surface area (Å²) >= 11 is 0. The molecule has 1 atom stereocenters. The Morgan fingerprint density at radius 3 is 2.58 bits per heavy atom. The number of hydrogen-bond donors (Lipinski definition) is 2. The monoisotopic (exact) mass is 267 g/mol. The zero-order valence-corrected chi connectivity index (χ0v) is 11.8. The molecule has 0 fully saturated rings. The SMILES string of the molecule is CC(C)C(C)(CC(=O)NCc1ccn(C)n1)C(=O)O. The molecule has 1 rings (SSSR count). The highest BCUT2D eigenvalue weighted by Gasteiger charge is 2.38. The third kappa shape index (κ3) is 3.81. The Hall–Kier alpha value is -1.85. The number of hydrogen-bond acceptors (Lipinski definition) is 3. The van der Waals surface area contributed by atoms with Gasteiger partial charge in [0.05, 0.1) is 17.7 Å². The van der Waals surface area contributed by atoms with Gasteiger partial charge in [-0.25, -0.2) is 0 Å². The van der Waals surface area contributed by atoms with Crippen LogP contribution in [0.5, 0.6) is 0 Å². The Morgan fingerprint density at radius 2 is 2.16 bits per heavy atom. The number of carboxylic acid groups (broad SMARTS) is 1. The van der Waals surface area contributed by atoms with Gasteiger partial charge in [-0.1, -0.05) is 13.8 Å². The summed E-state index contributed by atoms with van der Waals surface area (Å²) in [5.74, 6) is -1.34. The molecule has 6 heteroatoms. The van der Waals surface area contributed by atoms with Gasteiger partial charge in [0.2, 0.25) is 5.91 Å². The van der Waals surface area contributed by atoms with Crippen LogP contribution >= 0.6 is 0 Å². The number of carboxylic acids is 1. The molecule has 0 radical (unpaired) electrons. The van der Waals surface area contributed by atoms with E-state index in [4.69, 9.17) is 0 Å². The maximum Gasteiger partial charge on any atom is 0.310 e. The molecule has 0 saturated carbocycles. The van der Waals surface area contributed by atoms with Gasteiger partial charge in [-0.15, -0.1) is 0 Å². The van der Waals surface area contributed by atoms with Crippen molar-refractivity contribution >= 4 is 11.9 Å². The van der Waals surface area contributed by atoms with Crippen molar-refractivity contribution in [3.63, 3.8) is 0 Å². The number of rotatable bonds is 6. The fourth-order valence-corrected chi connectivity index (χ4v) is 1.67. The van der Waals surface area contributed by atoms with E-state index in [0.717, 1.165) is 5.69 Å². The van der Waals surface area contributed by atoms with Gasteiger partial charge in [0.15, 0.2) is 0 Å². The molecule has 0 aliphatic rings. The number of carbonyl (C=O) groups is 2. The molecule has 0 bridgehead atoms. The zero-order valence-electron chi connectivity index (χ0n) is 11.8. The third-order valence-corrected chi connectivity index (χ3v) is 3.53. The molecular formula is C13H21N3O3. The normalized spacial score (nSPS) is 14.2. The standard InChI is InChI=1S/C13H21N3O3/c1-9(2)13(3,12(18)19)7-11(17)14-8-10-5-6-16(4)15-10/h5-6,9H,7-8H2,1-4H3,(H,14,17)(H,18,19). The number of aryl methyl sites for hydroxylation is 1. The first-order valence-electron chi connectivity index (χ1n) is 6.24. The van der Waals surface area contributed by atoms with E-state index < -0.39 is 11.4 Å². The largest absolute Gasteiger partial charge is 0.481 e. The number of nitrogens with one attached hydrogen (secondary N) is 1. The van der Waals surface area contributed by atoms with Crippen molar-refractivity contribution in [1.29, 1.82) is 0 Å². The highest BCUT2D eigenvalue weighted by atomic mass is 16.4. The Bertz CT molecular complexity index is 467. The molecule has 1 aromatic heterocycles. The molecule has 2 N–H and O–H groups in total. The lowest BCUT2D eigenvalue weighted by atomic mass is 9.76. The Morgan fingerprint density at radius 1 is 1.53 bits per heavy atom. The topological polar surface area (TPSA) is 84.2 Å². The summed E-state index contributed by atoms with van der Waals surface area (Å²) < 4.78 is 1.65. The molecular weight excluding hydrogens is 246 g/mol. The smallest absolute Gasteiger partial charge is 0.310 e. The highest BCUT2D eigenvalue weighted by Crippen LogP contribution is 2.31. The van der Waals surface area contributed by atoms with E-state index in [0.29, 0.717) is 6.54 Å². The number of aromatic nitrogens is 2. The van der Waals surface area contributed by atoms with Crippen LogP contribution in [0.4, 0.5) is 0 Å². The Balaban J connectivity index is 2.57. The van der Waals surface area contributed by atoms with E-state index >= 15 is 0 Å². The summed E-state index contributed by atoms with van der Waals surface area (Å²) in [6, 6.07) is 1.80. The van der Waals surface area contributed by atoms with Gasteiger partial charge in [0.1, 0.15) is 0 Å². The van der Waals surface area contributed by atoms with Crippen molar-refractivity contribution in [1.82, 2.24) is 15.1 Å². The van der Waals surface area contributed by atoms with Gasteiger partial charge in [0.25, 0.3) is 0 Å². The minimum Gasteiger partial charge on any atom is -0.481 e. The van der Waals surface area contributed by atoms with Gasteiger partial charge < -0.3 is 10.4 Å². The van der Waals surface area contributed by atoms with E-state index in [1.807, 2.05) is 0 Å². The number of nitrogens with zero attached hydrogens (tertiary/aromatic N) is 2. The first kappa shape index (κ1) is 15.2. The van der Waals surface area contributed by atoms with Gasteiger partial charge in [0, 0.05) is 19.7 Å². The zero-order chi connectivity index (χ0) is 14.6. The van der Waals surface area contributed by atoms with E-state index in [-0.39, 0.29) is 18.2 Å². The molecule has 0 aliphatic carbocycles. The summed E-state index contributed by atoms with van der Waals surface area (Å²) in [7, 11) is 1.80. The van der Waals surface area contributed by atoms with Gasteiger partial charge in [-0.05, 0) is 18.9 Å². The maximum atomic E-state index is 11.8. The second kappa shape index (κ2) is 5.86. The van der Waals surface area contributed by atoms with Gasteiger partial charge >= 0.3 is 5.97 Å². The lowest BCUT2D eigenvalue weighted by molar-refractivity contribution is -0.153. The van der Waals surface area contributed by atoms with Crippen LogP contribution in [-0.4, -0.2) is 26.8 Å². The van der Waals surface area contributed by atoms with Gasteiger partial charge in [-0.2, -0.15) is 5.10 Å². The van der Waals surface area contributed by atoms with Crippen molar-refractivity contribution < 1.29 is 14.7 Å². The van der Waals surface area contributed by atoms with Crippen LogP contribution < -0.4 is 5.32 Å². The van der Waals surface area contributed by atoms with Crippen molar-refractivity contribution in [3.05, 3.63) is 18.0 Å². The molecule has 1 amide bonds. The second-order valence-electron chi connectivity index (χ2n) is 5.31. The summed E-state index contributed by atoms with van der Waals surface area (Å²) in [5, 5.41) is 16.1. The van der Waals surface area contributed by atoms with Crippen molar-refractivity contribution in [3.8, 4) is 0 Å². The number of aliphatic carboxylic acids is 1. The fourth-order valence-electron chi connectivity index (χ4n) is 1.67. The van der Waals surface area contributed by atoms with Crippen LogP contribution in [0.3, 0.4) is 0 Å². The molecule has 1 heterocycles. The van der Waals surface area contributed by atoms with Gasteiger partial charge in [-0.3, -0.25) is 14.3 Å². The van der Waals surface area contributed by atoms with Crippen LogP contribution in [0.15, 0.2) is 12.3 Å². The Kier molecular flexibility index (Phi) is 4.69. The molecule has 1 unspecified atom stereocenters. The number of amides is 1. The molecule has 0 saturated heterocycles. The van der Waals surface area contributed by atoms with E-state index in [1.165, 1.54) is 0 Å². The lowest BCUT2D eigenvalue weighted by Crippen LogP contribution is -2.39. The first-order chi connectivity index (χ1) is 8.75. The van der Waals surface area contributed by atoms with Crippen LogP contribution in [0, 0.1) is 11.3 Å². The van der Waals surface area contributed by atoms with Crippen LogP contribution in [0.1, 0.15) is 32.9 Å². The van der Waals surface area contributed by atoms with Crippen LogP contribution in [0.25, 0.3) is 0 Å². The van der Waals surface area contributed by atoms with Crippen molar-refractivity contribution in [2.45, 2.75) is 33.7 Å². The molecule has 0 spiro atoms. The quantitative estimate of drug-likeness (QED) is 0.810. The van der Waals surface area contributed by atoms with E-state index in [1.54, 1.807) is 44.8 Å². The molecule has 19 heavy (non-hydrogen) atoms. The van der Waals surface area contributed by atoms with E-state index in [2.05, 4.69) is 10.4 Å². The third-order valence-electron chi connectivity index (χ3n) is 3.53. The highest BCUT2D eigenvalue weighted by molar-refractivity contribution is 5.84. The Labute approximate surface area is 112 Å². The average Bonchev–Trinajstić information content (AvgIpc) is 2.72. The fraction of sp³-hybridized carbons (Fsp3) is 0.615. The molecule has 6 nitrogen and oxygen atoms in total. The summed E-state index contributed by atoms with van der Waals surface area (Å²) in [6.07, 6.45) is 1.75. The predicted molar refractivity (Wildman–Crippen MR) is 70.3 cm³/mol. The molecule has 106 valence electrons. The van der Waals surface area contributed by atoms with E-state index in [9.17, 15) is 14.7 Å². The van der Waals surface area contributed by atoms with Crippen LogP contribution in [0.2, 0.25) is 0 Å². The number of carbonyl (C=O) groups excluding carboxylic acids is 1. The summed E-state index contributed by atoms with van der Waals surface area (Å²) in [4.78, 5) is 23.1. The first-order valence-corrected chi connectivity index (χ1v) is 6.24. The lowest BCUT2D eigenvalue weighted by Gasteiger charge is -2.28. The molecule has 1 aromatic rings. The van der Waals surface area contributed by atoms with Crippen LogP contribution in [-0.2, 0) is 23.2 Å². The predicted octanol–water partition coefficient (Wildman–Crippen LogP) is 1.17. The minimum absolute atomic E-state index is 0.0349.